The molecule has 0 spiro atoms. The third-order valence-corrected chi connectivity index (χ3v) is 11.0. The van der Waals surface area contributed by atoms with Gasteiger partial charge in [0.05, 0.1) is 24.3 Å². The molecule has 1 N–H and O–H groups in total. The van der Waals surface area contributed by atoms with Gasteiger partial charge in [0.1, 0.15) is 12.3 Å². The Bertz CT molecular complexity index is 1410. The van der Waals surface area contributed by atoms with Crippen LogP contribution in [0.2, 0.25) is 0 Å². The summed E-state index contributed by atoms with van der Waals surface area (Å²) in [6.45, 7) is 2.02. The van der Waals surface area contributed by atoms with E-state index in [4.69, 9.17) is 9.47 Å². The number of thiazole rings is 1. The highest BCUT2D eigenvalue weighted by molar-refractivity contribution is 8.00. The van der Waals surface area contributed by atoms with Crippen LogP contribution in [0.4, 0.5) is 5.69 Å². The Kier molecular flexibility index (Phi) is 6.82. The predicted octanol–water partition coefficient (Wildman–Crippen LogP) is 5.39. The lowest BCUT2D eigenvalue weighted by Gasteiger charge is -2.40. The number of ether oxygens (including phenoxy) is 2. The van der Waals surface area contributed by atoms with E-state index >= 15 is 0 Å². The summed E-state index contributed by atoms with van der Waals surface area (Å²) in [5.41, 5.74) is 2.21. The molecule has 3 aromatic rings. The van der Waals surface area contributed by atoms with Crippen molar-refractivity contribution in [3.05, 3.63) is 74.2 Å². The van der Waals surface area contributed by atoms with Crippen molar-refractivity contribution in [1.82, 2.24) is 4.57 Å². The van der Waals surface area contributed by atoms with E-state index in [0.29, 0.717) is 40.9 Å². The van der Waals surface area contributed by atoms with Crippen molar-refractivity contribution in [3.63, 3.8) is 0 Å². The van der Waals surface area contributed by atoms with Crippen LogP contribution in [-0.2, 0) is 16.1 Å². The van der Waals surface area contributed by atoms with Gasteiger partial charge in [0.2, 0.25) is 5.91 Å². The number of rotatable bonds is 7. The fourth-order valence-electron chi connectivity index (χ4n) is 6.52. The summed E-state index contributed by atoms with van der Waals surface area (Å²) in [5.74, 6) is 2.18. The summed E-state index contributed by atoms with van der Waals surface area (Å²) in [5, 5.41) is 4.28. The molecule has 2 aromatic carbocycles. The summed E-state index contributed by atoms with van der Waals surface area (Å²) >= 11 is 3.11. The lowest BCUT2D eigenvalue weighted by molar-refractivity contribution is -0.116. The lowest BCUT2D eigenvalue weighted by Crippen LogP contribution is -2.34. The molecule has 1 aliphatic heterocycles. The molecule has 0 saturated heterocycles. The van der Waals surface area contributed by atoms with Crippen molar-refractivity contribution in [2.24, 2.45) is 17.8 Å². The van der Waals surface area contributed by atoms with Crippen molar-refractivity contribution in [2.45, 2.75) is 48.9 Å². The quantitative estimate of drug-likeness (QED) is 0.397. The van der Waals surface area contributed by atoms with Crippen molar-refractivity contribution < 1.29 is 19.1 Å². The van der Waals surface area contributed by atoms with Gasteiger partial charge in [-0.25, -0.2) is 4.79 Å². The number of esters is 1. The van der Waals surface area contributed by atoms with Crippen LogP contribution in [0.25, 0.3) is 0 Å². The van der Waals surface area contributed by atoms with Crippen LogP contribution in [0.1, 0.15) is 52.9 Å². The van der Waals surface area contributed by atoms with E-state index < -0.39 is 5.97 Å². The Morgan fingerprint density at radius 2 is 1.79 bits per heavy atom. The number of thioether (sulfide) groups is 1. The van der Waals surface area contributed by atoms with Crippen LogP contribution in [0.15, 0.2) is 58.4 Å². The van der Waals surface area contributed by atoms with E-state index in [0.717, 1.165) is 15.7 Å². The molecule has 7 nitrogen and oxygen atoms in total. The van der Waals surface area contributed by atoms with Gasteiger partial charge in [0, 0.05) is 21.7 Å². The van der Waals surface area contributed by atoms with Gasteiger partial charge in [-0.1, -0.05) is 23.5 Å². The van der Waals surface area contributed by atoms with Gasteiger partial charge in [-0.05, 0) is 85.9 Å². The zero-order chi connectivity index (χ0) is 26.4. The number of nitrogens with one attached hydrogen (secondary N) is 1. The van der Waals surface area contributed by atoms with Crippen molar-refractivity contribution >= 4 is 40.7 Å². The average Bonchev–Trinajstić information content (AvgIpc) is 3.62. The Balaban J connectivity index is 1.27. The molecule has 2 fully saturated rings. The van der Waals surface area contributed by atoms with Gasteiger partial charge in [-0.2, -0.15) is 0 Å². The normalized spacial score (nSPS) is 24.9. The number of carbonyl (C=O) groups excluding carboxylic acids is 2. The Morgan fingerprint density at radius 1 is 1.05 bits per heavy atom. The fourth-order valence-corrected chi connectivity index (χ4v) is 9.67. The first kappa shape index (κ1) is 25.2. The standard InChI is InChI=1S/C29H30N2O5S2/c1-3-36-28(33)17-6-10-20(11-7-17)30-22(32)15-31-27-26(38-29(31)34)23(16-8-12-21(35-2)13-9-16)24-18-4-5-19(14-18)25(24)37-27/h6-13,18-19,23-25H,3-5,14-15H2,1-2H3,(H,30,32)/t18?,19?,23-,24?,25?/m1/s1. The van der Waals surface area contributed by atoms with Gasteiger partial charge in [0.15, 0.2) is 0 Å². The molecule has 38 heavy (non-hydrogen) atoms. The highest BCUT2D eigenvalue weighted by atomic mass is 32.2. The maximum atomic E-state index is 13.3. The molecule has 1 aromatic heterocycles. The van der Waals surface area contributed by atoms with Gasteiger partial charge >= 0.3 is 10.8 Å². The molecule has 2 bridgehead atoms. The van der Waals surface area contributed by atoms with Crippen LogP contribution >= 0.6 is 23.1 Å². The Morgan fingerprint density at radius 3 is 2.50 bits per heavy atom. The largest absolute Gasteiger partial charge is 0.497 e. The smallest absolute Gasteiger partial charge is 0.338 e. The molecule has 3 aliphatic rings. The second-order valence-corrected chi connectivity index (χ2v) is 12.4. The van der Waals surface area contributed by atoms with Crippen LogP contribution in [-0.4, -0.2) is 35.4 Å². The number of anilines is 1. The number of benzene rings is 2. The van der Waals surface area contributed by atoms with E-state index in [2.05, 4.69) is 17.4 Å². The number of fused-ring (bicyclic) bond motifs is 6. The molecule has 9 heteroatoms. The SMILES string of the molecule is CCOC(=O)c1ccc(NC(=O)Cn2c3c(sc2=O)[C@H](c2ccc(OC)cc2)C2C4CCC(C4)C2S3)cc1. The Hall–Kier alpha value is -3.04. The number of hydrogen-bond acceptors (Lipinski definition) is 7. The second-order valence-electron chi connectivity index (χ2n) is 10.2. The van der Waals surface area contributed by atoms with Crippen LogP contribution < -0.4 is 14.9 Å². The van der Waals surface area contributed by atoms with E-state index in [9.17, 15) is 14.4 Å². The maximum Gasteiger partial charge on any atom is 0.338 e. The van der Waals surface area contributed by atoms with E-state index in [1.54, 1.807) is 42.9 Å². The molecule has 0 radical (unpaired) electrons. The second kappa shape index (κ2) is 10.3. The van der Waals surface area contributed by atoms with Crippen LogP contribution in [0.3, 0.4) is 0 Å². The van der Waals surface area contributed by atoms with Gasteiger partial charge in [0.25, 0.3) is 0 Å². The first-order valence-corrected chi connectivity index (χ1v) is 14.8. The van der Waals surface area contributed by atoms with Gasteiger partial charge in [-0.15, -0.1) is 11.8 Å². The minimum absolute atomic E-state index is 0.0435. The van der Waals surface area contributed by atoms with Crippen LogP contribution in [0, 0.1) is 17.8 Å². The number of aromatic nitrogens is 1. The first-order chi connectivity index (χ1) is 18.5. The molecular weight excluding hydrogens is 520 g/mol. The number of nitrogens with zero attached hydrogens (tertiary/aromatic N) is 1. The zero-order valence-electron chi connectivity index (χ0n) is 21.3. The zero-order valence-corrected chi connectivity index (χ0v) is 23.0. The topological polar surface area (TPSA) is 86.6 Å². The molecule has 5 atom stereocenters. The monoisotopic (exact) mass is 550 g/mol. The minimum Gasteiger partial charge on any atom is -0.497 e. The van der Waals surface area contributed by atoms with Crippen molar-refractivity contribution in [2.75, 3.05) is 19.0 Å². The van der Waals surface area contributed by atoms with Gasteiger partial charge < -0.3 is 14.8 Å². The molecule has 6 rings (SSSR count). The first-order valence-electron chi connectivity index (χ1n) is 13.1. The summed E-state index contributed by atoms with van der Waals surface area (Å²) in [7, 11) is 1.67. The lowest BCUT2D eigenvalue weighted by atomic mass is 9.75. The highest BCUT2D eigenvalue weighted by Crippen LogP contribution is 2.64. The van der Waals surface area contributed by atoms with E-state index in [1.165, 1.54) is 36.2 Å². The van der Waals surface area contributed by atoms with E-state index in [-0.39, 0.29) is 23.2 Å². The van der Waals surface area contributed by atoms with Crippen molar-refractivity contribution in [1.29, 1.82) is 0 Å². The Labute approximate surface area is 229 Å². The number of methoxy groups -OCH3 is 1. The average molecular weight is 551 g/mol. The van der Waals surface area contributed by atoms with Gasteiger partial charge in [-0.3, -0.25) is 14.2 Å². The molecule has 2 heterocycles. The molecule has 2 aliphatic carbocycles. The number of carbonyl (C=O) groups is 2. The molecular formula is C29H30N2O5S2. The van der Waals surface area contributed by atoms with E-state index in [1.807, 2.05) is 23.9 Å². The summed E-state index contributed by atoms with van der Waals surface area (Å²) in [4.78, 5) is 39.2. The summed E-state index contributed by atoms with van der Waals surface area (Å²) in [6, 6.07) is 14.8. The highest BCUT2D eigenvalue weighted by Gasteiger charge is 2.55. The van der Waals surface area contributed by atoms with Crippen molar-refractivity contribution in [3.8, 4) is 5.75 Å². The fraction of sp³-hybridized carbons (Fsp3) is 0.414. The molecule has 198 valence electrons. The summed E-state index contributed by atoms with van der Waals surface area (Å²) in [6.07, 6.45) is 3.78. The summed E-state index contributed by atoms with van der Waals surface area (Å²) < 4.78 is 12.1. The number of amides is 1. The predicted molar refractivity (Wildman–Crippen MR) is 148 cm³/mol. The number of hydrogen-bond donors (Lipinski definition) is 1. The maximum absolute atomic E-state index is 13.3. The minimum atomic E-state index is -0.399. The van der Waals surface area contributed by atoms with Crippen LogP contribution in [0.5, 0.6) is 5.75 Å². The molecule has 1 amide bonds. The third kappa shape index (κ3) is 4.45. The molecule has 4 unspecified atom stereocenters. The molecule has 2 saturated carbocycles. The third-order valence-electron chi connectivity index (χ3n) is 8.15.